The van der Waals surface area contributed by atoms with Crippen LogP contribution in [0.15, 0.2) is 46.0 Å². The molecule has 1 N–H and O–H groups in total. The molecule has 0 aliphatic carbocycles. The van der Waals surface area contributed by atoms with Crippen molar-refractivity contribution in [2.24, 2.45) is 0 Å². The first-order chi connectivity index (χ1) is 9.90. The highest BCUT2D eigenvalue weighted by atomic mass is 32.2. The number of rotatable bonds is 4. The fraction of sp³-hybridized carbons (Fsp3) is 0.231. The van der Waals surface area contributed by atoms with Crippen molar-refractivity contribution in [2.75, 3.05) is 5.75 Å². The van der Waals surface area contributed by atoms with Crippen molar-refractivity contribution < 1.29 is 16.8 Å². The van der Waals surface area contributed by atoms with E-state index >= 15 is 0 Å². The van der Waals surface area contributed by atoms with Gasteiger partial charge in [0.05, 0.1) is 10.6 Å². The summed E-state index contributed by atoms with van der Waals surface area (Å²) in [5.74, 6) is -0.398. The van der Waals surface area contributed by atoms with Crippen molar-refractivity contribution in [3.63, 3.8) is 0 Å². The summed E-state index contributed by atoms with van der Waals surface area (Å²) in [5.41, 5.74) is 1.22. The first kappa shape index (κ1) is 14.7. The van der Waals surface area contributed by atoms with Gasteiger partial charge in [0, 0.05) is 6.54 Å². The number of fused-ring (bicyclic) bond motifs is 1. The number of thiophene rings is 1. The number of nitrogens with one attached hydrogen (secondary N) is 1. The van der Waals surface area contributed by atoms with Crippen LogP contribution in [0.25, 0.3) is 0 Å². The Morgan fingerprint density at radius 2 is 2.00 bits per heavy atom. The predicted molar refractivity (Wildman–Crippen MR) is 81.3 cm³/mol. The summed E-state index contributed by atoms with van der Waals surface area (Å²) >= 11 is 1.48. The smallest absolute Gasteiger partial charge is 0.220 e. The summed E-state index contributed by atoms with van der Waals surface area (Å²) in [7, 11) is -7.27. The molecule has 0 amide bonds. The van der Waals surface area contributed by atoms with Crippen LogP contribution in [0, 0.1) is 0 Å². The number of sulfonamides is 1. The molecule has 2 aromatic rings. The lowest BCUT2D eigenvalue weighted by Crippen LogP contribution is -2.29. The zero-order chi connectivity index (χ0) is 15.1. The Balaban J connectivity index is 1.90. The maximum absolute atomic E-state index is 12.4. The Hall–Kier alpha value is -1.22. The summed E-state index contributed by atoms with van der Waals surface area (Å²) < 4.78 is 51.4. The van der Waals surface area contributed by atoms with Crippen LogP contribution in [0.5, 0.6) is 0 Å². The first-order valence-corrected chi connectivity index (χ1v) is 10.4. The van der Waals surface area contributed by atoms with Gasteiger partial charge in [0.2, 0.25) is 10.0 Å². The Kier molecular flexibility index (Phi) is 3.64. The second-order valence-electron chi connectivity index (χ2n) is 4.81. The van der Waals surface area contributed by atoms with Crippen LogP contribution < -0.4 is 4.72 Å². The van der Waals surface area contributed by atoms with E-state index in [1.807, 2.05) is 16.8 Å². The van der Waals surface area contributed by atoms with E-state index in [0.717, 1.165) is 5.56 Å². The normalized spacial score (nSPS) is 20.3. The minimum atomic E-state index is -3.75. The SMILES string of the molecule is O=S1(=O)C[C@H](S(=O)(=O)NCc2ccsc2)c2ccccc21. The number of hydrogen-bond acceptors (Lipinski definition) is 5. The van der Waals surface area contributed by atoms with Gasteiger partial charge in [-0.3, -0.25) is 0 Å². The summed E-state index contributed by atoms with van der Waals surface area (Å²) in [6.45, 7) is 0.171. The Labute approximate surface area is 127 Å². The predicted octanol–water partition coefficient (Wildman–Crippen LogP) is 1.70. The van der Waals surface area contributed by atoms with Crippen molar-refractivity contribution in [3.8, 4) is 0 Å². The molecule has 0 spiro atoms. The third kappa shape index (κ3) is 2.76. The van der Waals surface area contributed by atoms with E-state index in [1.54, 1.807) is 18.2 Å². The number of benzene rings is 1. The van der Waals surface area contributed by atoms with Gasteiger partial charge in [-0.2, -0.15) is 11.3 Å². The fourth-order valence-corrected chi connectivity index (χ4v) is 7.06. The molecule has 0 fully saturated rings. The molecule has 112 valence electrons. The van der Waals surface area contributed by atoms with E-state index in [-0.39, 0.29) is 11.4 Å². The second-order valence-corrected chi connectivity index (χ2v) is 9.54. The molecule has 5 nitrogen and oxygen atoms in total. The van der Waals surface area contributed by atoms with Crippen molar-refractivity contribution in [2.45, 2.75) is 16.7 Å². The highest BCUT2D eigenvalue weighted by Crippen LogP contribution is 2.37. The summed E-state index contributed by atoms with van der Waals surface area (Å²) in [5, 5.41) is 2.67. The van der Waals surface area contributed by atoms with Crippen LogP contribution >= 0.6 is 11.3 Å². The molecule has 3 rings (SSSR count). The Morgan fingerprint density at radius 1 is 1.24 bits per heavy atom. The minimum absolute atomic E-state index is 0.121. The molecule has 0 unspecified atom stereocenters. The Bertz CT molecular complexity index is 855. The van der Waals surface area contributed by atoms with Gasteiger partial charge in [-0.05, 0) is 34.0 Å². The third-order valence-electron chi connectivity index (χ3n) is 3.40. The van der Waals surface area contributed by atoms with E-state index in [4.69, 9.17) is 0 Å². The monoisotopic (exact) mass is 343 g/mol. The Morgan fingerprint density at radius 3 is 2.71 bits per heavy atom. The van der Waals surface area contributed by atoms with E-state index < -0.39 is 30.9 Å². The van der Waals surface area contributed by atoms with E-state index in [2.05, 4.69) is 4.72 Å². The lowest BCUT2D eigenvalue weighted by atomic mass is 10.2. The quantitative estimate of drug-likeness (QED) is 0.916. The largest absolute Gasteiger partial charge is 0.224 e. The van der Waals surface area contributed by atoms with Gasteiger partial charge >= 0.3 is 0 Å². The van der Waals surface area contributed by atoms with Crippen molar-refractivity contribution in [3.05, 3.63) is 52.2 Å². The summed E-state index contributed by atoms with van der Waals surface area (Å²) in [6, 6.07) is 8.10. The molecular formula is C13H13NO4S3. The van der Waals surface area contributed by atoms with Gasteiger partial charge in [-0.25, -0.2) is 21.6 Å². The maximum atomic E-state index is 12.4. The molecule has 0 bridgehead atoms. The topological polar surface area (TPSA) is 80.3 Å². The second kappa shape index (κ2) is 5.20. The average Bonchev–Trinajstić information content (AvgIpc) is 3.04. The molecule has 1 aromatic heterocycles. The highest BCUT2D eigenvalue weighted by molar-refractivity contribution is 7.95. The fourth-order valence-electron chi connectivity index (χ4n) is 2.34. The van der Waals surface area contributed by atoms with Crippen LogP contribution in [0.3, 0.4) is 0 Å². The standard InChI is InChI=1S/C13H13NO4S3/c15-20(16)9-13(11-3-1-2-4-12(11)20)21(17,18)14-7-10-5-6-19-8-10/h1-6,8,13-14H,7,9H2/t13-/m0/s1. The molecule has 21 heavy (non-hydrogen) atoms. The highest BCUT2D eigenvalue weighted by Gasteiger charge is 2.41. The molecule has 0 saturated carbocycles. The van der Waals surface area contributed by atoms with Crippen molar-refractivity contribution >= 4 is 31.2 Å². The van der Waals surface area contributed by atoms with E-state index in [0.29, 0.717) is 5.56 Å². The van der Waals surface area contributed by atoms with Gasteiger partial charge in [0.15, 0.2) is 9.84 Å². The summed E-state index contributed by atoms with van der Waals surface area (Å²) in [4.78, 5) is 0.121. The van der Waals surface area contributed by atoms with Crippen LogP contribution in [0.4, 0.5) is 0 Å². The van der Waals surface area contributed by atoms with Gasteiger partial charge < -0.3 is 0 Å². The molecule has 2 heterocycles. The molecule has 1 aliphatic heterocycles. The lowest BCUT2D eigenvalue weighted by Gasteiger charge is -2.12. The van der Waals surface area contributed by atoms with Crippen LogP contribution in [0.2, 0.25) is 0 Å². The third-order valence-corrected chi connectivity index (χ3v) is 7.88. The zero-order valence-corrected chi connectivity index (χ0v) is 13.3. The number of sulfone groups is 1. The first-order valence-electron chi connectivity index (χ1n) is 6.21. The zero-order valence-electron chi connectivity index (χ0n) is 10.9. The number of hydrogen-bond donors (Lipinski definition) is 1. The maximum Gasteiger partial charge on any atom is 0.220 e. The van der Waals surface area contributed by atoms with E-state index in [9.17, 15) is 16.8 Å². The lowest BCUT2D eigenvalue weighted by molar-refractivity contribution is 0.569. The van der Waals surface area contributed by atoms with Gasteiger partial charge in [-0.1, -0.05) is 18.2 Å². The molecular weight excluding hydrogens is 330 g/mol. The molecule has 1 atom stereocenters. The van der Waals surface area contributed by atoms with Gasteiger partial charge in [0.1, 0.15) is 5.25 Å². The molecule has 0 saturated heterocycles. The summed E-state index contributed by atoms with van der Waals surface area (Å²) in [6.07, 6.45) is 0. The van der Waals surface area contributed by atoms with Crippen LogP contribution in [0.1, 0.15) is 16.4 Å². The van der Waals surface area contributed by atoms with E-state index in [1.165, 1.54) is 17.4 Å². The van der Waals surface area contributed by atoms with Gasteiger partial charge in [0.25, 0.3) is 0 Å². The minimum Gasteiger partial charge on any atom is -0.224 e. The molecule has 8 heteroatoms. The van der Waals surface area contributed by atoms with Crippen LogP contribution in [-0.2, 0) is 26.4 Å². The average molecular weight is 343 g/mol. The molecule has 0 radical (unpaired) electrons. The van der Waals surface area contributed by atoms with Gasteiger partial charge in [-0.15, -0.1) is 0 Å². The van der Waals surface area contributed by atoms with Crippen LogP contribution in [-0.4, -0.2) is 22.6 Å². The molecule has 1 aliphatic rings. The van der Waals surface area contributed by atoms with Crippen molar-refractivity contribution in [1.82, 2.24) is 4.72 Å². The molecule has 1 aromatic carbocycles. The van der Waals surface area contributed by atoms with Crippen molar-refractivity contribution in [1.29, 1.82) is 0 Å².